The molecule has 8 nitrogen and oxygen atoms in total. The number of fused-ring (bicyclic) bond motifs is 1. The van der Waals surface area contributed by atoms with Crippen LogP contribution < -0.4 is 24.8 Å². The van der Waals surface area contributed by atoms with Gasteiger partial charge >= 0.3 is 0 Å². The molecule has 3 aliphatic rings. The summed E-state index contributed by atoms with van der Waals surface area (Å²) in [6, 6.07) is 17.4. The molecule has 3 fully saturated rings. The lowest BCUT2D eigenvalue weighted by atomic mass is 10.0. The van der Waals surface area contributed by atoms with Gasteiger partial charge in [-0.2, -0.15) is 0 Å². The number of piperazine rings is 1. The highest BCUT2D eigenvalue weighted by molar-refractivity contribution is 8.01. The van der Waals surface area contributed by atoms with Crippen molar-refractivity contribution in [3.63, 3.8) is 0 Å². The maximum atomic E-state index is 12.8. The van der Waals surface area contributed by atoms with Gasteiger partial charge in [-0.3, -0.25) is 9.69 Å². The summed E-state index contributed by atoms with van der Waals surface area (Å²) < 4.78 is 10.5. The maximum Gasteiger partial charge on any atom is 0.274 e. The molecule has 9 heteroatoms. The van der Waals surface area contributed by atoms with Crippen LogP contribution >= 0.6 is 11.9 Å². The molecule has 0 bridgehead atoms. The Hall–Kier alpha value is -3.40. The molecule has 1 saturated carbocycles. The summed E-state index contributed by atoms with van der Waals surface area (Å²) in [5.41, 5.74) is 4.82. The van der Waals surface area contributed by atoms with Crippen molar-refractivity contribution in [3.05, 3.63) is 71.3 Å². The molecule has 0 radical (unpaired) electrons. The van der Waals surface area contributed by atoms with E-state index in [0.29, 0.717) is 16.8 Å². The SMILES string of the molecule is CN(SC1CC1)c1ccc(Oc2cccc(N3CC(N4CCNCC4)C3)c2)c(-c2cn(C)c(=O)c3[nH]ccc23)c1. The normalized spacial score (nSPS) is 18.2. The van der Waals surface area contributed by atoms with Crippen LogP contribution in [0.2, 0.25) is 0 Å². The minimum atomic E-state index is -0.0369. The zero-order valence-electron chi connectivity index (χ0n) is 23.1. The number of ether oxygens (including phenoxy) is 1. The topological polar surface area (TPSA) is 68.8 Å². The fourth-order valence-electron chi connectivity index (χ4n) is 5.77. The first-order valence-corrected chi connectivity index (χ1v) is 15.1. The Kier molecular flexibility index (Phi) is 6.73. The quantitative estimate of drug-likeness (QED) is 0.306. The van der Waals surface area contributed by atoms with Crippen molar-refractivity contribution in [3.8, 4) is 22.6 Å². The average Bonchev–Trinajstić information content (AvgIpc) is 3.62. The van der Waals surface area contributed by atoms with Crippen LogP contribution in [0.1, 0.15) is 12.8 Å². The van der Waals surface area contributed by atoms with Gasteiger partial charge in [-0.25, -0.2) is 0 Å². The molecule has 1 aliphatic carbocycles. The lowest BCUT2D eigenvalue weighted by Gasteiger charge is -2.48. The summed E-state index contributed by atoms with van der Waals surface area (Å²) in [4.78, 5) is 21.0. The second-order valence-corrected chi connectivity index (χ2v) is 12.6. The molecule has 40 heavy (non-hydrogen) atoms. The van der Waals surface area contributed by atoms with Crippen LogP contribution in [0.25, 0.3) is 22.0 Å². The summed E-state index contributed by atoms with van der Waals surface area (Å²) in [7, 11) is 3.93. The van der Waals surface area contributed by atoms with Crippen LogP contribution in [0.5, 0.6) is 11.5 Å². The number of hydrogen-bond donors (Lipinski definition) is 2. The summed E-state index contributed by atoms with van der Waals surface area (Å²) in [6.45, 7) is 6.54. The highest BCUT2D eigenvalue weighted by Gasteiger charge is 2.32. The lowest BCUT2D eigenvalue weighted by molar-refractivity contribution is 0.147. The van der Waals surface area contributed by atoms with E-state index in [-0.39, 0.29) is 5.56 Å². The van der Waals surface area contributed by atoms with Crippen LogP contribution in [0, 0.1) is 0 Å². The van der Waals surface area contributed by atoms with E-state index < -0.39 is 0 Å². The number of nitrogens with one attached hydrogen (secondary N) is 2. The van der Waals surface area contributed by atoms with Crippen molar-refractivity contribution in [2.45, 2.75) is 24.1 Å². The fourth-order valence-corrected chi connectivity index (χ4v) is 6.80. The van der Waals surface area contributed by atoms with Gasteiger partial charge in [0.25, 0.3) is 5.56 Å². The number of H-pyrrole nitrogens is 1. The Morgan fingerprint density at radius 2 is 1.85 bits per heavy atom. The van der Waals surface area contributed by atoms with Crippen molar-refractivity contribution in [1.29, 1.82) is 0 Å². The molecule has 0 spiro atoms. The Bertz CT molecular complexity index is 1580. The number of pyridine rings is 1. The Labute approximate surface area is 239 Å². The fraction of sp³-hybridized carbons (Fsp3) is 0.387. The molecule has 2 aromatic heterocycles. The molecule has 0 unspecified atom stereocenters. The summed E-state index contributed by atoms with van der Waals surface area (Å²) in [5, 5.41) is 5.05. The third kappa shape index (κ3) is 4.98. The second-order valence-electron chi connectivity index (χ2n) is 11.2. The van der Waals surface area contributed by atoms with Crippen LogP contribution in [0.15, 0.2) is 65.7 Å². The summed E-state index contributed by atoms with van der Waals surface area (Å²) >= 11 is 1.89. The van der Waals surface area contributed by atoms with Crippen molar-refractivity contribution in [1.82, 2.24) is 19.8 Å². The van der Waals surface area contributed by atoms with Crippen molar-refractivity contribution in [2.75, 3.05) is 55.5 Å². The summed E-state index contributed by atoms with van der Waals surface area (Å²) in [5.74, 6) is 1.59. The molecule has 2 N–H and O–H groups in total. The number of nitrogens with zero attached hydrogens (tertiary/aromatic N) is 4. The van der Waals surface area contributed by atoms with Gasteiger partial charge in [-0.15, -0.1) is 0 Å². The third-order valence-electron chi connectivity index (χ3n) is 8.28. The highest BCUT2D eigenvalue weighted by atomic mass is 32.2. The molecule has 4 aromatic rings. The highest BCUT2D eigenvalue weighted by Crippen LogP contribution is 2.43. The standard InChI is InChI=1S/C31H36N6O2S/c1-34-20-28(26-10-11-33-30(26)31(34)38)27-17-21(35(2)40-25-7-8-25)6-9-29(27)39-24-5-3-4-22(16-24)37-18-23(19-37)36-14-12-32-13-15-36/h3-6,9-11,16-17,20,23,25,32-33H,7-8,12-15,18-19H2,1-2H3. The Morgan fingerprint density at radius 3 is 2.65 bits per heavy atom. The van der Waals surface area contributed by atoms with Crippen LogP contribution in [-0.4, -0.2) is 72.1 Å². The number of hydrogen-bond acceptors (Lipinski definition) is 7. The van der Waals surface area contributed by atoms with Gasteiger partial charge in [0.1, 0.15) is 17.0 Å². The van der Waals surface area contributed by atoms with Gasteiger partial charge in [-0.1, -0.05) is 6.07 Å². The molecule has 7 rings (SSSR count). The number of aryl methyl sites for hydroxylation is 1. The Morgan fingerprint density at radius 1 is 1.02 bits per heavy atom. The summed E-state index contributed by atoms with van der Waals surface area (Å²) in [6.07, 6.45) is 6.30. The molecule has 0 atom stereocenters. The maximum absolute atomic E-state index is 12.8. The number of anilines is 2. The van der Waals surface area contributed by atoms with Crippen LogP contribution in [0.3, 0.4) is 0 Å². The van der Waals surface area contributed by atoms with E-state index in [0.717, 1.165) is 73.0 Å². The van der Waals surface area contributed by atoms with E-state index in [2.05, 4.69) is 67.9 Å². The van der Waals surface area contributed by atoms with E-state index in [1.807, 2.05) is 36.5 Å². The largest absolute Gasteiger partial charge is 0.457 e. The first-order chi connectivity index (χ1) is 19.5. The van der Waals surface area contributed by atoms with Crippen LogP contribution in [-0.2, 0) is 7.05 Å². The number of benzene rings is 2. The molecule has 2 aliphatic heterocycles. The van der Waals surface area contributed by atoms with E-state index in [4.69, 9.17) is 4.74 Å². The van der Waals surface area contributed by atoms with Crippen LogP contribution in [0.4, 0.5) is 11.4 Å². The van der Waals surface area contributed by atoms with E-state index in [9.17, 15) is 4.79 Å². The lowest BCUT2D eigenvalue weighted by Crippen LogP contribution is -2.62. The van der Waals surface area contributed by atoms with Crippen molar-refractivity contribution in [2.24, 2.45) is 7.05 Å². The van der Waals surface area contributed by atoms with E-state index in [1.54, 1.807) is 11.6 Å². The van der Waals surface area contributed by atoms with Crippen molar-refractivity contribution < 1.29 is 4.74 Å². The molecular weight excluding hydrogens is 520 g/mol. The predicted molar refractivity (Wildman–Crippen MR) is 165 cm³/mol. The smallest absolute Gasteiger partial charge is 0.274 e. The third-order valence-corrected chi connectivity index (χ3v) is 9.58. The minimum Gasteiger partial charge on any atom is -0.457 e. The van der Waals surface area contributed by atoms with E-state index >= 15 is 0 Å². The molecule has 208 valence electrons. The van der Waals surface area contributed by atoms with E-state index in [1.165, 1.54) is 18.5 Å². The van der Waals surface area contributed by atoms with Gasteiger partial charge in [0.05, 0.1) is 0 Å². The average molecular weight is 557 g/mol. The minimum absolute atomic E-state index is 0.0369. The number of aromatic amines is 1. The first-order valence-electron chi connectivity index (χ1n) is 14.2. The number of aromatic nitrogens is 2. The zero-order chi connectivity index (χ0) is 27.2. The van der Waals surface area contributed by atoms with Gasteiger partial charge in [0.15, 0.2) is 0 Å². The Balaban J connectivity index is 1.19. The zero-order valence-corrected chi connectivity index (χ0v) is 23.9. The van der Waals surface area contributed by atoms with Gasteiger partial charge in [0, 0.05) is 111 Å². The molecule has 4 heterocycles. The predicted octanol–water partition coefficient (Wildman–Crippen LogP) is 4.67. The molecule has 0 amide bonds. The molecule has 2 aromatic carbocycles. The molecular formula is C31H36N6O2S. The van der Waals surface area contributed by atoms with Gasteiger partial charge in [0.2, 0.25) is 0 Å². The monoisotopic (exact) mass is 556 g/mol. The van der Waals surface area contributed by atoms with Crippen molar-refractivity contribution >= 4 is 34.2 Å². The first kappa shape index (κ1) is 25.6. The van der Waals surface area contributed by atoms with Gasteiger partial charge in [-0.05, 0) is 61.2 Å². The second kappa shape index (κ2) is 10.5. The van der Waals surface area contributed by atoms with Gasteiger partial charge < -0.3 is 28.8 Å². The number of rotatable bonds is 8. The molecule has 2 saturated heterocycles.